The molecule has 0 saturated heterocycles. The lowest BCUT2D eigenvalue weighted by Crippen LogP contribution is -2.41. The quantitative estimate of drug-likeness (QED) is 0.314. The molecule has 0 fully saturated rings. The molecule has 3 N–H and O–H groups in total. The molecule has 9 nitrogen and oxygen atoms in total. The van der Waals surface area contributed by atoms with Crippen LogP contribution < -0.4 is 25.5 Å². The Balaban J connectivity index is 1.90. The van der Waals surface area contributed by atoms with Gasteiger partial charge >= 0.3 is 11.8 Å². The lowest BCUT2D eigenvalue weighted by molar-refractivity contribution is -0.139. The standard InChI is InChI=1S/C23H28N4O5/c1-5-16(3)25-22(29)23(30)27-24-13-17-8-11-19(20(12-17)31-4)32-14-21(28)26-18-9-6-15(2)7-10-18/h6-13,16H,5,14H2,1-4H3,(H,25,29)(H,26,28)(H,27,30)/b24-13-/t16-/m1/s1. The minimum absolute atomic E-state index is 0.104. The lowest BCUT2D eigenvalue weighted by Gasteiger charge is -2.11. The van der Waals surface area contributed by atoms with Crippen LogP contribution >= 0.6 is 0 Å². The molecule has 0 saturated carbocycles. The first-order chi connectivity index (χ1) is 15.3. The molecule has 0 spiro atoms. The molecular formula is C23H28N4O5. The van der Waals surface area contributed by atoms with E-state index in [1.54, 1.807) is 25.1 Å². The maximum atomic E-state index is 12.1. The molecule has 0 aliphatic heterocycles. The zero-order chi connectivity index (χ0) is 23.5. The third-order valence-corrected chi connectivity index (χ3v) is 4.46. The molecule has 3 amide bonds. The zero-order valence-corrected chi connectivity index (χ0v) is 18.6. The number of ether oxygens (including phenoxy) is 2. The second-order valence-corrected chi connectivity index (χ2v) is 7.10. The van der Waals surface area contributed by atoms with Crippen molar-refractivity contribution in [3.05, 3.63) is 53.6 Å². The highest BCUT2D eigenvalue weighted by molar-refractivity contribution is 6.35. The van der Waals surface area contributed by atoms with Crippen molar-refractivity contribution < 1.29 is 23.9 Å². The van der Waals surface area contributed by atoms with Crippen LogP contribution in [-0.2, 0) is 14.4 Å². The van der Waals surface area contributed by atoms with E-state index in [1.807, 2.05) is 38.1 Å². The fraction of sp³-hybridized carbons (Fsp3) is 0.304. The van der Waals surface area contributed by atoms with Gasteiger partial charge in [0.1, 0.15) is 0 Å². The summed E-state index contributed by atoms with van der Waals surface area (Å²) in [5.74, 6) is -1.15. The summed E-state index contributed by atoms with van der Waals surface area (Å²) in [4.78, 5) is 35.5. The molecule has 2 aromatic carbocycles. The van der Waals surface area contributed by atoms with Crippen molar-refractivity contribution in [1.29, 1.82) is 0 Å². The summed E-state index contributed by atoms with van der Waals surface area (Å²) in [6, 6.07) is 12.3. The number of nitrogens with one attached hydrogen (secondary N) is 3. The number of anilines is 1. The minimum atomic E-state index is -0.854. The van der Waals surface area contributed by atoms with E-state index >= 15 is 0 Å². The average Bonchev–Trinajstić information content (AvgIpc) is 2.79. The number of nitrogens with zero attached hydrogens (tertiary/aromatic N) is 1. The zero-order valence-electron chi connectivity index (χ0n) is 18.6. The third kappa shape index (κ3) is 7.75. The molecule has 0 unspecified atom stereocenters. The lowest BCUT2D eigenvalue weighted by atomic mass is 10.2. The molecule has 0 aliphatic carbocycles. The second-order valence-electron chi connectivity index (χ2n) is 7.10. The topological polar surface area (TPSA) is 118 Å². The summed E-state index contributed by atoms with van der Waals surface area (Å²) < 4.78 is 10.9. The summed E-state index contributed by atoms with van der Waals surface area (Å²) in [6.45, 7) is 5.47. The highest BCUT2D eigenvalue weighted by atomic mass is 16.5. The first kappa shape index (κ1) is 24.4. The number of carbonyl (C=O) groups is 3. The first-order valence-corrected chi connectivity index (χ1v) is 10.1. The summed E-state index contributed by atoms with van der Waals surface area (Å²) in [6.07, 6.45) is 2.08. The van der Waals surface area contributed by atoms with Crippen molar-refractivity contribution in [3.8, 4) is 11.5 Å². The number of amides is 3. The Hall–Kier alpha value is -3.88. The van der Waals surface area contributed by atoms with Crippen LogP contribution in [0, 0.1) is 6.92 Å². The van der Waals surface area contributed by atoms with Gasteiger partial charge in [0.25, 0.3) is 5.91 Å². The van der Waals surface area contributed by atoms with E-state index in [-0.39, 0.29) is 18.6 Å². The predicted molar refractivity (Wildman–Crippen MR) is 122 cm³/mol. The third-order valence-electron chi connectivity index (χ3n) is 4.46. The molecule has 0 heterocycles. The van der Waals surface area contributed by atoms with Crippen molar-refractivity contribution in [3.63, 3.8) is 0 Å². The van der Waals surface area contributed by atoms with Crippen LogP contribution in [0.25, 0.3) is 0 Å². The number of benzene rings is 2. The van der Waals surface area contributed by atoms with Crippen molar-refractivity contribution >= 4 is 29.6 Å². The van der Waals surface area contributed by atoms with Gasteiger partial charge in [0.05, 0.1) is 13.3 Å². The molecule has 9 heteroatoms. The number of carbonyl (C=O) groups excluding carboxylic acids is 3. The molecule has 170 valence electrons. The molecule has 32 heavy (non-hydrogen) atoms. The van der Waals surface area contributed by atoms with Gasteiger partial charge in [-0.25, -0.2) is 5.43 Å². The fourth-order valence-electron chi connectivity index (χ4n) is 2.47. The molecule has 2 aromatic rings. The molecule has 0 aliphatic rings. The monoisotopic (exact) mass is 440 g/mol. The van der Waals surface area contributed by atoms with E-state index in [1.165, 1.54) is 13.3 Å². The fourth-order valence-corrected chi connectivity index (χ4v) is 2.47. The van der Waals surface area contributed by atoms with Gasteiger partial charge in [-0.1, -0.05) is 24.6 Å². The van der Waals surface area contributed by atoms with Crippen LogP contribution in [0.15, 0.2) is 47.6 Å². The normalized spacial score (nSPS) is 11.5. The number of methoxy groups -OCH3 is 1. The molecule has 0 aromatic heterocycles. The summed E-state index contributed by atoms with van der Waals surface area (Å²) in [5.41, 5.74) is 4.55. The SMILES string of the molecule is CC[C@@H](C)NC(=O)C(=O)N/N=C\c1ccc(OCC(=O)Nc2ccc(C)cc2)c(OC)c1. The highest BCUT2D eigenvalue weighted by Gasteiger charge is 2.14. The Kier molecular flexibility index (Phi) is 9.22. The Labute approximate surface area is 187 Å². The van der Waals surface area contributed by atoms with E-state index in [2.05, 4.69) is 21.2 Å². The largest absolute Gasteiger partial charge is 0.493 e. The predicted octanol–water partition coefficient (Wildman–Crippen LogP) is 2.39. The number of rotatable bonds is 9. The summed E-state index contributed by atoms with van der Waals surface area (Å²) in [5, 5.41) is 9.08. The van der Waals surface area contributed by atoms with Crippen LogP contribution in [0.1, 0.15) is 31.4 Å². The molecule has 0 radical (unpaired) electrons. The Morgan fingerprint density at radius 2 is 1.78 bits per heavy atom. The van der Waals surface area contributed by atoms with Crippen molar-refractivity contribution in [2.75, 3.05) is 19.0 Å². The van der Waals surface area contributed by atoms with E-state index in [9.17, 15) is 14.4 Å². The van der Waals surface area contributed by atoms with Crippen LogP contribution in [0.5, 0.6) is 11.5 Å². The number of aryl methyl sites for hydroxylation is 1. The first-order valence-electron chi connectivity index (χ1n) is 10.1. The maximum Gasteiger partial charge on any atom is 0.329 e. The van der Waals surface area contributed by atoms with Crippen LogP contribution in [0.2, 0.25) is 0 Å². The Morgan fingerprint density at radius 3 is 2.44 bits per heavy atom. The minimum Gasteiger partial charge on any atom is -0.493 e. The maximum absolute atomic E-state index is 12.1. The number of hydrogen-bond acceptors (Lipinski definition) is 6. The number of hydrogen-bond donors (Lipinski definition) is 3. The van der Waals surface area contributed by atoms with E-state index in [0.717, 1.165) is 5.56 Å². The van der Waals surface area contributed by atoms with Crippen molar-refractivity contribution in [2.45, 2.75) is 33.2 Å². The molecular weight excluding hydrogens is 412 g/mol. The van der Waals surface area contributed by atoms with Crippen molar-refractivity contribution in [1.82, 2.24) is 10.7 Å². The van der Waals surface area contributed by atoms with E-state index < -0.39 is 11.8 Å². The van der Waals surface area contributed by atoms with Crippen LogP contribution in [0.3, 0.4) is 0 Å². The van der Waals surface area contributed by atoms with Gasteiger partial charge in [-0.3, -0.25) is 14.4 Å². The van der Waals surface area contributed by atoms with Crippen LogP contribution in [0.4, 0.5) is 5.69 Å². The van der Waals surface area contributed by atoms with Gasteiger partial charge in [0.2, 0.25) is 0 Å². The van der Waals surface area contributed by atoms with E-state index in [4.69, 9.17) is 9.47 Å². The van der Waals surface area contributed by atoms with Gasteiger partial charge in [-0.05, 0) is 56.2 Å². The molecule has 1 atom stereocenters. The van der Waals surface area contributed by atoms with Gasteiger partial charge in [-0.2, -0.15) is 5.10 Å². The Morgan fingerprint density at radius 1 is 1.06 bits per heavy atom. The van der Waals surface area contributed by atoms with Gasteiger partial charge < -0.3 is 20.1 Å². The summed E-state index contributed by atoms with van der Waals surface area (Å²) >= 11 is 0. The average molecular weight is 441 g/mol. The van der Waals surface area contributed by atoms with E-state index in [0.29, 0.717) is 29.2 Å². The summed E-state index contributed by atoms with van der Waals surface area (Å²) in [7, 11) is 1.47. The Bertz CT molecular complexity index is 973. The molecule has 0 bridgehead atoms. The van der Waals surface area contributed by atoms with Crippen LogP contribution in [-0.4, -0.2) is 43.7 Å². The smallest absolute Gasteiger partial charge is 0.329 e. The van der Waals surface area contributed by atoms with Gasteiger partial charge in [0, 0.05) is 11.7 Å². The highest BCUT2D eigenvalue weighted by Crippen LogP contribution is 2.27. The molecule has 2 rings (SSSR count). The van der Waals surface area contributed by atoms with Gasteiger partial charge in [0.15, 0.2) is 18.1 Å². The van der Waals surface area contributed by atoms with Gasteiger partial charge in [-0.15, -0.1) is 0 Å². The number of hydrazone groups is 1. The van der Waals surface area contributed by atoms with Crippen molar-refractivity contribution in [2.24, 2.45) is 5.10 Å². The second kappa shape index (κ2) is 12.1.